The smallest absolute Gasteiger partial charge is 0.415 e. The van der Waals surface area contributed by atoms with E-state index in [-0.39, 0.29) is 0 Å². The molecule has 2 atom stereocenters. The lowest BCUT2D eigenvalue weighted by Crippen LogP contribution is -2.67. The highest BCUT2D eigenvalue weighted by Crippen LogP contribution is 2.35. The van der Waals surface area contributed by atoms with Gasteiger partial charge in [0.05, 0.1) is 30.6 Å². The van der Waals surface area contributed by atoms with Crippen LogP contribution < -0.4 is 9.47 Å². The van der Waals surface area contributed by atoms with Gasteiger partial charge in [-0.1, -0.05) is 12.6 Å². The molecule has 44 heavy (non-hydrogen) atoms. The Hall–Kier alpha value is -4.73. The van der Waals surface area contributed by atoms with Gasteiger partial charge in [-0.2, -0.15) is 10.4 Å². The number of hydrogen-bond donors (Lipinski definition) is 0. The molecule has 4 fully saturated rings. The summed E-state index contributed by atoms with van der Waals surface area (Å²) in [5.41, 5.74) is 3.38. The van der Waals surface area contributed by atoms with Crippen molar-refractivity contribution >= 4 is 23.4 Å². The van der Waals surface area contributed by atoms with E-state index in [0.717, 1.165) is 38.5 Å². The minimum absolute atomic E-state index is 0.327. The van der Waals surface area contributed by atoms with Crippen molar-refractivity contribution in [3.63, 3.8) is 0 Å². The first kappa shape index (κ1) is 29.3. The number of nitriles is 1. The van der Waals surface area contributed by atoms with Crippen molar-refractivity contribution in [2.75, 3.05) is 53.4 Å². The van der Waals surface area contributed by atoms with Crippen LogP contribution in [0.2, 0.25) is 0 Å². The predicted molar refractivity (Wildman–Crippen MR) is 166 cm³/mol. The van der Waals surface area contributed by atoms with E-state index in [1.165, 1.54) is 18.2 Å². The monoisotopic (exact) mass is 595 g/mol. The molecular formula is C32H37N9O3. The number of piperidine rings is 1. The molecule has 3 aromatic heterocycles. The molecule has 0 radical (unpaired) electrons. The molecule has 7 rings (SSSR count). The normalized spacial score (nSPS) is 20.9. The largest absolute Gasteiger partial charge is 0.481 e. The Bertz CT molecular complexity index is 1640. The van der Waals surface area contributed by atoms with Gasteiger partial charge in [-0.25, -0.2) is 19.3 Å². The number of carbonyl (C=O) groups is 1. The first-order valence-electron chi connectivity index (χ1n) is 14.8. The zero-order chi connectivity index (χ0) is 30.8. The Balaban J connectivity index is 1.15. The number of rotatable bonds is 8. The molecule has 0 aliphatic carbocycles. The molecule has 228 valence electrons. The summed E-state index contributed by atoms with van der Waals surface area (Å²) < 4.78 is 12.5. The van der Waals surface area contributed by atoms with Crippen LogP contribution >= 0.6 is 0 Å². The van der Waals surface area contributed by atoms with E-state index in [1.54, 1.807) is 35.0 Å². The van der Waals surface area contributed by atoms with Crippen LogP contribution in [0.4, 0.5) is 4.79 Å². The number of methoxy groups -OCH3 is 1. The van der Waals surface area contributed by atoms with Gasteiger partial charge in [-0.15, -0.1) is 0 Å². The Kier molecular flexibility index (Phi) is 8.32. The van der Waals surface area contributed by atoms with E-state index in [4.69, 9.17) is 14.5 Å². The van der Waals surface area contributed by atoms with Crippen LogP contribution in [0.3, 0.4) is 0 Å². The van der Waals surface area contributed by atoms with Crippen LogP contribution in [-0.4, -0.2) is 112 Å². The fraction of sp³-hybridized carbons (Fsp3) is 0.406. The van der Waals surface area contributed by atoms with Crippen molar-refractivity contribution < 1.29 is 14.3 Å². The number of carbonyl (C=O) groups excluding carboxylic acids is 1. The first-order valence-corrected chi connectivity index (χ1v) is 14.8. The highest BCUT2D eigenvalue weighted by atomic mass is 16.6. The molecule has 0 spiro atoms. The van der Waals surface area contributed by atoms with Crippen LogP contribution in [0, 0.1) is 11.3 Å². The van der Waals surface area contributed by atoms with E-state index in [1.807, 2.05) is 32.3 Å². The van der Waals surface area contributed by atoms with Gasteiger partial charge in [-0.3, -0.25) is 4.90 Å². The Morgan fingerprint density at radius 2 is 1.95 bits per heavy atom. The average molecular weight is 596 g/mol. The lowest BCUT2D eigenvalue weighted by atomic mass is 9.87. The molecule has 0 N–H and O–H groups in total. The van der Waals surface area contributed by atoms with Gasteiger partial charge in [0.25, 0.3) is 0 Å². The number of aliphatic imine (C=N–C) groups is 1. The number of likely N-dealkylation sites (N-methyl/N-ethyl adjacent to an activating group) is 1. The second kappa shape index (κ2) is 12.5. The van der Waals surface area contributed by atoms with Crippen molar-refractivity contribution in [2.24, 2.45) is 4.99 Å². The van der Waals surface area contributed by atoms with Crippen molar-refractivity contribution in [1.82, 2.24) is 34.2 Å². The molecule has 4 aliphatic rings. The number of hydrogen-bond acceptors (Lipinski definition) is 10. The van der Waals surface area contributed by atoms with E-state index in [9.17, 15) is 10.1 Å². The second-order valence-corrected chi connectivity index (χ2v) is 11.5. The summed E-state index contributed by atoms with van der Waals surface area (Å²) in [6, 6.07) is 8.80. The topological polar surface area (TPSA) is 115 Å². The van der Waals surface area contributed by atoms with Gasteiger partial charge in [-0.05, 0) is 43.7 Å². The van der Waals surface area contributed by atoms with Crippen molar-refractivity contribution in [1.29, 1.82) is 5.26 Å². The summed E-state index contributed by atoms with van der Waals surface area (Å²) >= 11 is 0. The van der Waals surface area contributed by atoms with Crippen LogP contribution in [0.15, 0.2) is 60.3 Å². The summed E-state index contributed by atoms with van der Waals surface area (Å²) in [6.07, 6.45) is 9.48. The van der Waals surface area contributed by atoms with Crippen molar-refractivity contribution in [3.8, 4) is 17.7 Å². The third kappa shape index (κ3) is 5.89. The lowest BCUT2D eigenvalue weighted by molar-refractivity contribution is -0.0645. The summed E-state index contributed by atoms with van der Waals surface area (Å²) in [5.74, 6) is 1.82. The zero-order valence-electron chi connectivity index (χ0n) is 25.4. The number of allylic oxidation sites excluding steroid dienone is 2. The summed E-state index contributed by atoms with van der Waals surface area (Å²) in [7, 11) is 3.66. The SMILES string of the molecule is C=C(C=N/C(=C\C)N1CC2CC(C1)N2Cc1ccc(OC)nc1)c1cc(OC(=O)N2CCN(C)CC2)cn2ncc(C#N)c12. The summed E-state index contributed by atoms with van der Waals surface area (Å²) in [5, 5.41) is 14.1. The Morgan fingerprint density at radius 3 is 2.61 bits per heavy atom. The molecule has 12 nitrogen and oxygen atoms in total. The van der Waals surface area contributed by atoms with Crippen LogP contribution in [0.5, 0.6) is 11.6 Å². The van der Waals surface area contributed by atoms with Crippen molar-refractivity contribution in [2.45, 2.75) is 32.0 Å². The van der Waals surface area contributed by atoms with Gasteiger partial charge >= 0.3 is 6.09 Å². The molecule has 4 saturated heterocycles. The standard InChI is InChI=1S/C32H37N9O3/c1-5-29(39-19-25-12-26(20-39)40(25)18-23-6-7-30(43-4)35-16-23)34-15-22(2)28-13-27(21-41-31(28)24(14-33)17-36-41)44-32(42)38-10-8-37(3)9-11-38/h5-7,13,15-17,21,25-26H,2,8-12,18-20H2,1,3-4H3/b29-5+,34-15?. The summed E-state index contributed by atoms with van der Waals surface area (Å²) in [4.78, 5) is 30.8. The maximum absolute atomic E-state index is 12.9. The number of aromatic nitrogens is 3. The van der Waals surface area contributed by atoms with Crippen LogP contribution in [0.1, 0.15) is 30.0 Å². The molecule has 0 aromatic carbocycles. The fourth-order valence-electron chi connectivity index (χ4n) is 6.15. The first-order chi connectivity index (χ1) is 21.4. The number of ether oxygens (including phenoxy) is 2. The maximum atomic E-state index is 12.9. The summed E-state index contributed by atoms with van der Waals surface area (Å²) in [6.45, 7) is 11.7. The highest BCUT2D eigenvalue weighted by Gasteiger charge is 2.44. The fourth-order valence-corrected chi connectivity index (χ4v) is 6.15. The average Bonchev–Trinajstić information content (AvgIpc) is 3.47. The molecule has 1 amide bonds. The molecule has 7 heterocycles. The Morgan fingerprint density at radius 1 is 1.18 bits per heavy atom. The molecule has 0 saturated carbocycles. The molecule has 12 heteroatoms. The van der Waals surface area contributed by atoms with E-state index < -0.39 is 6.09 Å². The van der Waals surface area contributed by atoms with Crippen LogP contribution in [0.25, 0.3) is 11.1 Å². The molecule has 3 aromatic rings. The number of pyridine rings is 2. The van der Waals surface area contributed by atoms with Gasteiger partial charge < -0.3 is 24.2 Å². The number of piperazine rings is 2. The van der Waals surface area contributed by atoms with Crippen LogP contribution in [-0.2, 0) is 6.54 Å². The van der Waals surface area contributed by atoms with E-state index in [0.29, 0.717) is 59.0 Å². The molecule has 4 aliphatic heterocycles. The minimum atomic E-state index is -0.410. The number of nitrogens with zero attached hydrogens (tertiary/aromatic N) is 9. The minimum Gasteiger partial charge on any atom is -0.481 e. The molecular weight excluding hydrogens is 558 g/mol. The quantitative estimate of drug-likeness (QED) is 0.362. The maximum Gasteiger partial charge on any atom is 0.415 e. The highest BCUT2D eigenvalue weighted by molar-refractivity contribution is 6.12. The number of fused-ring (bicyclic) bond motifs is 3. The van der Waals surface area contributed by atoms with E-state index in [2.05, 4.69) is 43.5 Å². The molecule has 2 unspecified atom stereocenters. The van der Waals surface area contributed by atoms with Gasteiger partial charge in [0, 0.05) is 81.9 Å². The Labute approximate surface area is 257 Å². The third-order valence-electron chi connectivity index (χ3n) is 8.67. The molecule has 2 bridgehead atoms. The van der Waals surface area contributed by atoms with Gasteiger partial charge in [0.15, 0.2) is 5.75 Å². The van der Waals surface area contributed by atoms with Crippen molar-refractivity contribution in [3.05, 3.63) is 72.0 Å². The zero-order valence-corrected chi connectivity index (χ0v) is 25.4. The predicted octanol–water partition coefficient (Wildman–Crippen LogP) is 3.26. The van der Waals surface area contributed by atoms with Gasteiger partial charge in [0.2, 0.25) is 5.88 Å². The third-order valence-corrected chi connectivity index (χ3v) is 8.67. The second-order valence-electron chi connectivity index (χ2n) is 11.5. The van der Waals surface area contributed by atoms with Gasteiger partial charge in [0.1, 0.15) is 11.9 Å². The lowest BCUT2D eigenvalue weighted by Gasteiger charge is -2.57. The van der Waals surface area contributed by atoms with E-state index >= 15 is 0 Å². The number of amides is 1.